The first-order valence-corrected chi connectivity index (χ1v) is 7.36. The molecule has 0 N–H and O–H groups in total. The number of aromatic nitrogens is 1. The number of benzene rings is 2. The Hall–Kier alpha value is -2.45. The zero-order valence-corrected chi connectivity index (χ0v) is 13.5. The summed E-state index contributed by atoms with van der Waals surface area (Å²) in [5, 5.41) is 23.3. The highest BCUT2D eigenvalue weighted by Gasteiger charge is 2.10. The minimum Gasteiger partial charge on any atom is -0.871 e. The number of non-ortho nitro benzene ring substituents is 1. The highest BCUT2D eigenvalue weighted by atomic mass is 79.9. The van der Waals surface area contributed by atoms with Gasteiger partial charge >= 0.3 is 6.01 Å². The van der Waals surface area contributed by atoms with Gasteiger partial charge < -0.3 is 9.52 Å². The lowest BCUT2D eigenvalue weighted by Gasteiger charge is -2.11. The number of hydrogen-bond donors (Lipinski definition) is 0. The molecular formula is C14H6BrClN3O4-. The van der Waals surface area contributed by atoms with E-state index in [2.05, 4.69) is 25.9 Å². The number of oxazole rings is 1. The SMILES string of the molecule is O=[N+]([O-])c1cc(Br)c([O-])c(C=Nc2nc3cc(Cl)ccc3o2)c1. The summed E-state index contributed by atoms with van der Waals surface area (Å²) in [7, 11) is 0. The van der Waals surface area contributed by atoms with E-state index in [-0.39, 0.29) is 21.7 Å². The van der Waals surface area contributed by atoms with Crippen LogP contribution in [0.3, 0.4) is 0 Å². The van der Waals surface area contributed by atoms with Gasteiger partial charge in [0.1, 0.15) is 5.52 Å². The lowest BCUT2D eigenvalue weighted by Crippen LogP contribution is -1.99. The van der Waals surface area contributed by atoms with Crippen molar-refractivity contribution < 1.29 is 14.4 Å². The predicted octanol–water partition coefficient (Wildman–Crippen LogP) is 3.98. The van der Waals surface area contributed by atoms with Crippen molar-refractivity contribution in [2.75, 3.05) is 0 Å². The van der Waals surface area contributed by atoms with Crippen molar-refractivity contribution in [1.82, 2.24) is 4.98 Å². The van der Waals surface area contributed by atoms with Crippen LogP contribution in [0, 0.1) is 10.1 Å². The summed E-state index contributed by atoms with van der Waals surface area (Å²) in [6.07, 6.45) is 1.17. The van der Waals surface area contributed by atoms with Gasteiger partial charge in [0.2, 0.25) is 0 Å². The van der Waals surface area contributed by atoms with E-state index < -0.39 is 10.7 Å². The van der Waals surface area contributed by atoms with Crippen molar-refractivity contribution in [2.45, 2.75) is 0 Å². The Balaban J connectivity index is 1.99. The second-order valence-corrected chi connectivity index (χ2v) is 5.76. The Morgan fingerprint density at radius 3 is 2.87 bits per heavy atom. The summed E-state index contributed by atoms with van der Waals surface area (Å²) in [4.78, 5) is 18.3. The summed E-state index contributed by atoms with van der Waals surface area (Å²) in [6, 6.07) is 7.20. The average molecular weight is 396 g/mol. The first-order valence-electron chi connectivity index (χ1n) is 6.19. The maximum Gasteiger partial charge on any atom is 0.322 e. The fraction of sp³-hybridized carbons (Fsp3) is 0. The van der Waals surface area contributed by atoms with Gasteiger partial charge in [-0.3, -0.25) is 10.1 Å². The molecule has 9 heteroatoms. The minimum atomic E-state index is -0.594. The van der Waals surface area contributed by atoms with Gasteiger partial charge in [-0.05, 0) is 23.8 Å². The Labute approximate surface area is 142 Å². The molecule has 3 rings (SSSR count). The number of aliphatic imine (C=N–C) groups is 1. The summed E-state index contributed by atoms with van der Waals surface area (Å²) in [5.41, 5.74) is 0.838. The Morgan fingerprint density at radius 1 is 1.35 bits per heavy atom. The molecule has 2 aromatic carbocycles. The zero-order chi connectivity index (χ0) is 16.6. The number of fused-ring (bicyclic) bond motifs is 1. The van der Waals surface area contributed by atoms with Crippen LogP contribution in [0.5, 0.6) is 5.75 Å². The van der Waals surface area contributed by atoms with E-state index >= 15 is 0 Å². The van der Waals surface area contributed by atoms with Crippen molar-refractivity contribution in [3.63, 3.8) is 0 Å². The van der Waals surface area contributed by atoms with Crippen LogP contribution in [-0.2, 0) is 0 Å². The molecule has 3 aromatic rings. The summed E-state index contributed by atoms with van der Waals surface area (Å²) >= 11 is 8.85. The van der Waals surface area contributed by atoms with E-state index in [1.807, 2.05) is 0 Å². The summed E-state index contributed by atoms with van der Waals surface area (Å²) in [5.74, 6) is -0.418. The van der Waals surface area contributed by atoms with E-state index in [9.17, 15) is 15.2 Å². The van der Waals surface area contributed by atoms with Gasteiger partial charge in [0.15, 0.2) is 5.58 Å². The van der Waals surface area contributed by atoms with Crippen molar-refractivity contribution in [3.8, 4) is 5.75 Å². The van der Waals surface area contributed by atoms with Crippen LogP contribution in [0.25, 0.3) is 11.1 Å². The number of nitro benzene ring substituents is 1. The Morgan fingerprint density at radius 2 is 2.13 bits per heavy atom. The molecule has 0 atom stereocenters. The third-order valence-electron chi connectivity index (χ3n) is 2.92. The van der Waals surface area contributed by atoms with Crippen molar-refractivity contribution >= 4 is 56.5 Å². The number of halogens is 2. The quantitative estimate of drug-likeness (QED) is 0.379. The van der Waals surface area contributed by atoms with E-state index in [0.717, 1.165) is 12.1 Å². The van der Waals surface area contributed by atoms with E-state index in [0.29, 0.717) is 16.1 Å². The number of hydrogen-bond acceptors (Lipinski definition) is 6. The molecule has 0 saturated heterocycles. The normalized spacial score (nSPS) is 11.4. The molecule has 0 saturated carbocycles. The van der Waals surface area contributed by atoms with Crippen molar-refractivity contribution in [3.05, 3.63) is 55.5 Å². The Bertz CT molecular complexity index is 955. The van der Waals surface area contributed by atoms with Gasteiger partial charge in [-0.1, -0.05) is 33.3 Å². The van der Waals surface area contributed by atoms with Gasteiger partial charge in [-0.25, -0.2) is 4.99 Å². The molecule has 0 aliphatic carbocycles. The standard InChI is InChI=1S/C14H7BrClN3O4/c15-10-5-9(19(21)22)3-7(13(10)20)6-17-14-18-11-4-8(16)1-2-12(11)23-14/h1-6,20H/p-1. The van der Waals surface area contributed by atoms with Crippen LogP contribution in [0.2, 0.25) is 5.02 Å². The molecule has 0 spiro atoms. The first-order chi connectivity index (χ1) is 10.9. The molecule has 1 aromatic heterocycles. The van der Waals surface area contributed by atoms with Gasteiger partial charge in [0, 0.05) is 27.8 Å². The van der Waals surface area contributed by atoms with Crippen LogP contribution in [0.15, 0.2) is 44.2 Å². The summed E-state index contributed by atoms with van der Waals surface area (Å²) < 4.78 is 5.46. The molecule has 0 radical (unpaired) electrons. The van der Waals surface area contributed by atoms with E-state index in [1.54, 1.807) is 18.2 Å². The van der Waals surface area contributed by atoms with Gasteiger partial charge in [-0.15, -0.1) is 0 Å². The molecule has 116 valence electrons. The number of nitrogens with zero attached hydrogens (tertiary/aromatic N) is 3. The molecule has 23 heavy (non-hydrogen) atoms. The topological polar surface area (TPSA) is 105 Å². The van der Waals surface area contributed by atoms with Crippen LogP contribution < -0.4 is 5.11 Å². The molecular weight excluding hydrogens is 390 g/mol. The highest BCUT2D eigenvalue weighted by Crippen LogP contribution is 2.30. The van der Waals surface area contributed by atoms with Crippen LogP contribution in [0.1, 0.15) is 5.56 Å². The largest absolute Gasteiger partial charge is 0.871 e. The van der Waals surface area contributed by atoms with E-state index in [4.69, 9.17) is 16.0 Å². The average Bonchev–Trinajstić information content (AvgIpc) is 2.90. The lowest BCUT2D eigenvalue weighted by atomic mass is 10.2. The third kappa shape index (κ3) is 3.17. The zero-order valence-electron chi connectivity index (χ0n) is 11.2. The lowest BCUT2D eigenvalue weighted by molar-refractivity contribution is -0.385. The van der Waals surface area contributed by atoms with Crippen molar-refractivity contribution in [2.24, 2.45) is 4.99 Å². The first kappa shape index (κ1) is 15.4. The minimum absolute atomic E-state index is 0.0179. The smallest absolute Gasteiger partial charge is 0.322 e. The summed E-state index contributed by atoms with van der Waals surface area (Å²) in [6.45, 7) is 0. The van der Waals surface area contributed by atoms with Crippen LogP contribution in [0.4, 0.5) is 11.7 Å². The second kappa shape index (κ2) is 5.98. The molecule has 0 unspecified atom stereocenters. The molecule has 1 heterocycles. The third-order valence-corrected chi connectivity index (χ3v) is 3.74. The fourth-order valence-corrected chi connectivity index (χ4v) is 2.50. The molecule has 0 amide bonds. The second-order valence-electron chi connectivity index (χ2n) is 4.47. The van der Waals surface area contributed by atoms with Crippen molar-refractivity contribution in [1.29, 1.82) is 0 Å². The van der Waals surface area contributed by atoms with Gasteiger partial charge in [0.25, 0.3) is 5.69 Å². The highest BCUT2D eigenvalue weighted by molar-refractivity contribution is 9.10. The van der Waals surface area contributed by atoms with Gasteiger partial charge in [-0.2, -0.15) is 4.98 Å². The predicted molar refractivity (Wildman–Crippen MR) is 86.5 cm³/mol. The molecule has 0 aliphatic heterocycles. The van der Waals surface area contributed by atoms with Gasteiger partial charge in [0.05, 0.1) is 4.92 Å². The monoisotopic (exact) mass is 394 g/mol. The number of nitro groups is 1. The molecule has 0 bridgehead atoms. The van der Waals surface area contributed by atoms with Crippen LogP contribution in [-0.4, -0.2) is 16.1 Å². The fourth-order valence-electron chi connectivity index (χ4n) is 1.87. The Kier molecular flexibility index (Phi) is 4.01. The maximum absolute atomic E-state index is 12.0. The number of rotatable bonds is 3. The molecule has 0 fully saturated rings. The van der Waals surface area contributed by atoms with E-state index in [1.165, 1.54) is 6.21 Å². The molecule has 0 aliphatic rings. The maximum atomic E-state index is 12.0. The van der Waals surface area contributed by atoms with Crippen LogP contribution >= 0.6 is 27.5 Å². The molecule has 7 nitrogen and oxygen atoms in total.